The Hall–Kier alpha value is -0.0400. The van der Waals surface area contributed by atoms with Crippen molar-refractivity contribution in [1.82, 2.24) is 0 Å². The summed E-state index contributed by atoms with van der Waals surface area (Å²) in [6.45, 7) is 11.1. The monoisotopic (exact) mass is 298 g/mol. The summed E-state index contributed by atoms with van der Waals surface area (Å²) < 4.78 is 0. The molecule has 0 aliphatic carbocycles. The van der Waals surface area contributed by atoms with Gasteiger partial charge < -0.3 is 5.11 Å². The molecular weight excluding hydrogens is 256 g/mol. The van der Waals surface area contributed by atoms with Crippen molar-refractivity contribution in [1.29, 1.82) is 0 Å². The normalized spacial score (nSPS) is 17.4. The lowest BCUT2D eigenvalue weighted by Gasteiger charge is -2.16. The van der Waals surface area contributed by atoms with Gasteiger partial charge in [-0.05, 0) is 31.1 Å². The van der Waals surface area contributed by atoms with E-state index in [1.807, 2.05) is 6.92 Å². The van der Waals surface area contributed by atoms with E-state index in [1.54, 1.807) is 0 Å². The zero-order valence-corrected chi connectivity index (χ0v) is 15.5. The molecule has 0 saturated carbocycles. The van der Waals surface area contributed by atoms with Crippen molar-refractivity contribution < 1.29 is 5.11 Å². The van der Waals surface area contributed by atoms with E-state index >= 15 is 0 Å². The first-order valence-electron chi connectivity index (χ1n) is 9.65. The summed E-state index contributed by atoms with van der Waals surface area (Å²) in [4.78, 5) is 0. The maximum absolute atomic E-state index is 9.48. The standard InChI is InChI=1S/C20H42O/c1-6-17(2)13-10-8-7-9-11-14-18(3)15-12-16-19(4)20(5)21/h17-21H,6-16H2,1-5H3. The molecule has 0 aromatic rings. The average molecular weight is 299 g/mol. The number of hydrogen-bond donors (Lipinski definition) is 1. The van der Waals surface area contributed by atoms with Gasteiger partial charge in [-0.3, -0.25) is 0 Å². The molecule has 0 heterocycles. The molecule has 21 heavy (non-hydrogen) atoms. The fourth-order valence-electron chi connectivity index (χ4n) is 2.89. The number of rotatable bonds is 14. The fraction of sp³-hybridized carbons (Fsp3) is 1.00. The quantitative estimate of drug-likeness (QED) is 0.359. The fourth-order valence-corrected chi connectivity index (χ4v) is 2.89. The smallest absolute Gasteiger partial charge is 0.0537 e. The first-order valence-corrected chi connectivity index (χ1v) is 9.65. The van der Waals surface area contributed by atoms with Gasteiger partial charge in [-0.1, -0.05) is 91.9 Å². The molecule has 0 saturated heterocycles. The lowest BCUT2D eigenvalue weighted by atomic mass is 9.92. The molecule has 128 valence electrons. The van der Waals surface area contributed by atoms with Crippen LogP contribution >= 0.6 is 0 Å². The van der Waals surface area contributed by atoms with Gasteiger partial charge in [0.05, 0.1) is 6.10 Å². The minimum atomic E-state index is -0.143. The second-order valence-corrected chi connectivity index (χ2v) is 7.61. The highest BCUT2D eigenvalue weighted by molar-refractivity contribution is 4.61. The third-order valence-corrected chi connectivity index (χ3v) is 5.27. The predicted molar refractivity (Wildman–Crippen MR) is 95.6 cm³/mol. The van der Waals surface area contributed by atoms with Gasteiger partial charge in [0.2, 0.25) is 0 Å². The molecule has 4 unspecified atom stereocenters. The van der Waals surface area contributed by atoms with Gasteiger partial charge in [0.25, 0.3) is 0 Å². The van der Waals surface area contributed by atoms with E-state index in [0.29, 0.717) is 5.92 Å². The Kier molecular flexibility index (Phi) is 13.6. The van der Waals surface area contributed by atoms with Gasteiger partial charge in [-0.2, -0.15) is 0 Å². The minimum Gasteiger partial charge on any atom is -0.393 e. The Morgan fingerprint density at radius 2 is 1.10 bits per heavy atom. The SMILES string of the molecule is CCC(C)CCCCCCCC(C)CCCC(C)C(C)O. The molecule has 0 radical (unpaired) electrons. The zero-order valence-electron chi connectivity index (χ0n) is 15.5. The Balaban J connectivity index is 3.32. The molecule has 4 atom stereocenters. The Bertz CT molecular complexity index is 212. The van der Waals surface area contributed by atoms with Gasteiger partial charge in [-0.25, -0.2) is 0 Å². The Morgan fingerprint density at radius 3 is 1.62 bits per heavy atom. The van der Waals surface area contributed by atoms with E-state index in [2.05, 4.69) is 27.7 Å². The number of hydrogen-bond acceptors (Lipinski definition) is 1. The van der Waals surface area contributed by atoms with Crippen molar-refractivity contribution in [3.63, 3.8) is 0 Å². The third-order valence-electron chi connectivity index (χ3n) is 5.27. The Labute approximate surface area is 134 Å². The molecule has 1 nitrogen and oxygen atoms in total. The summed E-state index contributed by atoms with van der Waals surface area (Å²) in [6, 6.07) is 0. The van der Waals surface area contributed by atoms with Crippen LogP contribution in [0.15, 0.2) is 0 Å². The lowest BCUT2D eigenvalue weighted by molar-refractivity contribution is 0.127. The minimum absolute atomic E-state index is 0.143. The molecule has 0 rings (SSSR count). The maximum atomic E-state index is 9.48. The van der Waals surface area contributed by atoms with Crippen molar-refractivity contribution in [2.75, 3.05) is 0 Å². The first kappa shape index (κ1) is 21.0. The molecule has 0 spiro atoms. The lowest BCUT2D eigenvalue weighted by Crippen LogP contribution is -2.13. The van der Waals surface area contributed by atoms with E-state index in [9.17, 15) is 5.11 Å². The van der Waals surface area contributed by atoms with Crippen molar-refractivity contribution in [2.45, 2.75) is 111 Å². The van der Waals surface area contributed by atoms with Crippen LogP contribution in [0.3, 0.4) is 0 Å². The zero-order chi connectivity index (χ0) is 16.1. The predicted octanol–water partition coefficient (Wildman–Crippen LogP) is 6.59. The van der Waals surface area contributed by atoms with Gasteiger partial charge >= 0.3 is 0 Å². The number of aliphatic hydroxyl groups is 1. The summed E-state index contributed by atoms with van der Waals surface area (Å²) in [5.41, 5.74) is 0. The van der Waals surface area contributed by atoms with Crippen LogP contribution in [0.1, 0.15) is 105 Å². The van der Waals surface area contributed by atoms with Crippen LogP contribution in [-0.2, 0) is 0 Å². The summed E-state index contributed by atoms with van der Waals surface area (Å²) in [5.74, 6) is 2.25. The second-order valence-electron chi connectivity index (χ2n) is 7.61. The highest BCUT2D eigenvalue weighted by atomic mass is 16.3. The van der Waals surface area contributed by atoms with E-state index in [1.165, 1.54) is 70.6 Å². The maximum Gasteiger partial charge on any atom is 0.0537 e. The highest BCUT2D eigenvalue weighted by Crippen LogP contribution is 2.20. The van der Waals surface area contributed by atoms with Crippen molar-refractivity contribution in [3.8, 4) is 0 Å². The highest BCUT2D eigenvalue weighted by Gasteiger charge is 2.09. The molecule has 0 bridgehead atoms. The molecule has 0 aliphatic rings. The summed E-state index contributed by atoms with van der Waals surface area (Å²) in [6.07, 6.45) is 15.0. The van der Waals surface area contributed by atoms with Crippen molar-refractivity contribution >= 4 is 0 Å². The third kappa shape index (κ3) is 13.4. The molecular formula is C20H42O. The van der Waals surface area contributed by atoms with Crippen LogP contribution < -0.4 is 0 Å². The van der Waals surface area contributed by atoms with Gasteiger partial charge in [0, 0.05) is 0 Å². The van der Waals surface area contributed by atoms with Crippen LogP contribution in [0.2, 0.25) is 0 Å². The molecule has 0 fully saturated rings. The number of unbranched alkanes of at least 4 members (excludes halogenated alkanes) is 4. The average Bonchev–Trinajstić information content (AvgIpc) is 2.45. The van der Waals surface area contributed by atoms with E-state index < -0.39 is 0 Å². The molecule has 0 amide bonds. The van der Waals surface area contributed by atoms with Crippen LogP contribution in [0, 0.1) is 17.8 Å². The molecule has 0 aliphatic heterocycles. The summed E-state index contributed by atoms with van der Waals surface area (Å²) in [7, 11) is 0. The van der Waals surface area contributed by atoms with E-state index in [0.717, 1.165) is 11.8 Å². The molecule has 1 N–H and O–H groups in total. The van der Waals surface area contributed by atoms with Gasteiger partial charge in [0.15, 0.2) is 0 Å². The van der Waals surface area contributed by atoms with Crippen molar-refractivity contribution in [2.24, 2.45) is 17.8 Å². The summed E-state index contributed by atoms with van der Waals surface area (Å²) >= 11 is 0. The second kappa shape index (κ2) is 13.6. The topological polar surface area (TPSA) is 20.2 Å². The largest absolute Gasteiger partial charge is 0.393 e. The van der Waals surface area contributed by atoms with Crippen LogP contribution in [0.4, 0.5) is 0 Å². The van der Waals surface area contributed by atoms with Crippen LogP contribution in [-0.4, -0.2) is 11.2 Å². The van der Waals surface area contributed by atoms with Gasteiger partial charge in [-0.15, -0.1) is 0 Å². The molecule has 1 heteroatoms. The van der Waals surface area contributed by atoms with Crippen LogP contribution in [0.5, 0.6) is 0 Å². The van der Waals surface area contributed by atoms with Crippen molar-refractivity contribution in [3.05, 3.63) is 0 Å². The molecule has 0 aromatic carbocycles. The van der Waals surface area contributed by atoms with E-state index in [-0.39, 0.29) is 6.10 Å². The first-order chi connectivity index (χ1) is 9.97. The van der Waals surface area contributed by atoms with Crippen LogP contribution in [0.25, 0.3) is 0 Å². The number of aliphatic hydroxyl groups excluding tert-OH is 1. The van der Waals surface area contributed by atoms with Gasteiger partial charge in [0.1, 0.15) is 0 Å². The Morgan fingerprint density at radius 1 is 0.619 bits per heavy atom. The summed E-state index contributed by atoms with van der Waals surface area (Å²) in [5, 5.41) is 9.48. The molecule has 0 aromatic heterocycles. The van der Waals surface area contributed by atoms with E-state index in [4.69, 9.17) is 0 Å².